The number of carboxylic acids is 1. The first kappa shape index (κ1) is 31.6. The standard InChI is InChI=1S/C36H56O6/c1-22(2)24-13-18-36(21-41-23(3)37)20-19-34(7)25(31(24)36)9-10-27-33(6)16-15-28(42-30(40)12-11-29(38)39)32(4,5)26(33)14-17-35(27,34)8/h24-28,31H,1,9-21H2,2-8H3,(H,38,39)/t24-,25-,26-,27+,28-,31+,33-,34+,35+,36+/m0/s1. The minimum atomic E-state index is -0.961. The smallest absolute Gasteiger partial charge is 0.306 e. The van der Waals surface area contributed by atoms with Gasteiger partial charge in [-0.25, -0.2) is 0 Å². The summed E-state index contributed by atoms with van der Waals surface area (Å²) in [5, 5.41) is 9.02. The molecule has 5 aliphatic rings. The molecule has 0 spiro atoms. The monoisotopic (exact) mass is 584 g/mol. The van der Waals surface area contributed by atoms with Gasteiger partial charge in [0.15, 0.2) is 0 Å². The zero-order chi connectivity index (χ0) is 30.9. The van der Waals surface area contributed by atoms with Crippen molar-refractivity contribution in [2.24, 2.45) is 56.7 Å². The summed E-state index contributed by atoms with van der Waals surface area (Å²) in [7, 11) is 0. The number of ether oxygens (including phenoxy) is 2. The zero-order valence-electron chi connectivity index (χ0n) is 27.4. The molecule has 1 N–H and O–H groups in total. The number of rotatable bonds is 7. The summed E-state index contributed by atoms with van der Waals surface area (Å²) in [4.78, 5) is 35.5. The lowest BCUT2D eigenvalue weighted by Gasteiger charge is -2.73. The van der Waals surface area contributed by atoms with Crippen LogP contribution < -0.4 is 0 Å². The van der Waals surface area contributed by atoms with E-state index in [-0.39, 0.29) is 58.0 Å². The second kappa shape index (κ2) is 10.6. The van der Waals surface area contributed by atoms with Gasteiger partial charge >= 0.3 is 17.9 Å². The van der Waals surface area contributed by atoms with E-state index in [0.29, 0.717) is 36.2 Å². The summed E-state index contributed by atoms with van der Waals surface area (Å²) in [6.45, 7) is 21.2. The van der Waals surface area contributed by atoms with Gasteiger partial charge < -0.3 is 14.6 Å². The van der Waals surface area contributed by atoms with Crippen LogP contribution in [-0.2, 0) is 23.9 Å². The third-order valence-electron chi connectivity index (χ3n) is 14.6. The first-order valence-electron chi connectivity index (χ1n) is 16.7. The molecular formula is C36H56O6. The number of hydrogen-bond donors (Lipinski definition) is 1. The first-order chi connectivity index (χ1) is 19.5. The predicted molar refractivity (Wildman–Crippen MR) is 162 cm³/mol. The normalized spacial score (nSPS) is 45.4. The maximum Gasteiger partial charge on any atom is 0.306 e. The molecule has 0 amide bonds. The summed E-state index contributed by atoms with van der Waals surface area (Å²) in [6, 6.07) is 0. The molecule has 0 saturated heterocycles. The van der Waals surface area contributed by atoms with Crippen molar-refractivity contribution >= 4 is 17.9 Å². The van der Waals surface area contributed by atoms with Gasteiger partial charge in [-0.2, -0.15) is 0 Å². The van der Waals surface area contributed by atoms with E-state index in [1.165, 1.54) is 31.3 Å². The highest BCUT2D eigenvalue weighted by Crippen LogP contribution is 2.77. The fourth-order valence-corrected chi connectivity index (χ4v) is 12.4. The Kier molecular flexibility index (Phi) is 8.00. The highest BCUT2D eigenvalue weighted by Gasteiger charge is 2.71. The van der Waals surface area contributed by atoms with Crippen LogP contribution in [0, 0.1) is 56.7 Å². The molecule has 5 fully saturated rings. The van der Waals surface area contributed by atoms with Gasteiger partial charge in [-0.1, -0.05) is 46.8 Å². The summed E-state index contributed by atoms with van der Waals surface area (Å²) >= 11 is 0. The minimum Gasteiger partial charge on any atom is -0.481 e. The topological polar surface area (TPSA) is 89.9 Å². The van der Waals surface area contributed by atoms with E-state index in [1.807, 2.05) is 0 Å². The fourth-order valence-electron chi connectivity index (χ4n) is 12.4. The van der Waals surface area contributed by atoms with Crippen molar-refractivity contribution in [2.45, 2.75) is 132 Å². The maximum atomic E-state index is 12.6. The average Bonchev–Trinajstić information content (AvgIpc) is 3.29. The van der Waals surface area contributed by atoms with Gasteiger partial charge in [0.1, 0.15) is 6.10 Å². The van der Waals surface area contributed by atoms with Crippen LogP contribution in [0.3, 0.4) is 0 Å². The Morgan fingerprint density at radius 2 is 1.52 bits per heavy atom. The van der Waals surface area contributed by atoms with Crippen LogP contribution in [-0.4, -0.2) is 35.7 Å². The minimum absolute atomic E-state index is 0.0599. The second-order valence-electron chi connectivity index (χ2n) is 16.6. The number of carbonyl (C=O) groups excluding carboxylic acids is 2. The highest BCUT2D eigenvalue weighted by molar-refractivity contribution is 5.76. The molecule has 0 aromatic heterocycles. The molecule has 6 nitrogen and oxygen atoms in total. The molecule has 0 aromatic carbocycles. The Hall–Kier alpha value is -1.85. The lowest BCUT2D eigenvalue weighted by Crippen LogP contribution is -2.67. The van der Waals surface area contributed by atoms with Crippen molar-refractivity contribution in [3.8, 4) is 0 Å². The van der Waals surface area contributed by atoms with Crippen LogP contribution in [0.1, 0.15) is 126 Å². The second-order valence-corrected chi connectivity index (χ2v) is 16.6. The zero-order valence-corrected chi connectivity index (χ0v) is 27.4. The molecule has 0 bridgehead atoms. The van der Waals surface area contributed by atoms with E-state index < -0.39 is 5.97 Å². The van der Waals surface area contributed by atoms with Gasteiger partial charge in [0, 0.05) is 17.8 Å². The van der Waals surface area contributed by atoms with Crippen LogP contribution in [0.15, 0.2) is 12.2 Å². The number of aliphatic carboxylic acids is 1. The third kappa shape index (κ3) is 4.67. The molecule has 5 aliphatic carbocycles. The molecule has 5 saturated carbocycles. The molecule has 0 unspecified atom stereocenters. The maximum absolute atomic E-state index is 12.6. The van der Waals surface area contributed by atoms with Crippen molar-refractivity contribution < 1.29 is 29.0 Å². The number of fused-ring (bicyclic) bond motifs is 7. The number of esters is 2. The Balaban J connectivity index is 1.42. The summed E-state index contributed by atoms with van der Waals surface area (Å²) < 4.78 is 11.8. The predicted octanol–water partition coefficient (Wildman–Crippen LogP) is 7.98. The van der Waals surface area contributed by atoms with Crippen molar-refractivity contribution in [3.05, 3.63) is 12.2 Å². The Labute approximate surface area is 253 Å². The Morgan fingerprint density at radius 1 is 0.810 bits per heavy atom. The number of allylic oxidation sites excluding steroid dienone is 1. The Bertz CT molecular complexity index is 1130. The van der Waals surface area contributed by atoms with E-state index >= 15 is 0 Å². The molecule has 0 aromatic rings. The SMILES string of the molecule is C=C(C)[C@@H]1CC[C@]2(COC(C)=O)CC[C@]3(C)[C@@H](CC[C@@H]4[C@@]5(C)CC[C@H](OC(=O)CCC(=O)O)C(C)(C)[C@@H]5CC[C@]43C)[C@@H]12. The van der Waals surface area contributed by atoms with Gasteiger partial charge in [-0.15, -0.1) is 0 Å². The van der Waals surface area contributed by atoms with E-state index in [2.05, 4.69) is 48.1 Å². The van der Waals surface area contributed by atoms with Crippen molar-refractivity contribution in [1.82, 2.24) is 0 Å². The highest BCUT2D eigenvalue weighted by atomic mass is 16.5. The lowest BCUT2D eigenvalue weighted by atomic mass is 9.32. The van der Waals surface area contributed by atoms with Gasteiger partial charge in [0.25, 0.3) is 0 Å². The summed E-state index contributed by atoms with van der Waals surface area (Å²) in [5.41, 5.74) is 1.83. The van der Waals surface area contributed by atoms with E-state index in [9.17, 15) is 14.4 Å². The number of carbonyl (C=O) groups is 3. The molecular weight excluding hydrogens is 528 g/mol. The molecule has 42 heavy (non-hydrogen) atoms. The molecule has 0 radical (unpaired) electrons. The Morgan fingerprint density at radius 3 is 2.17 bits per heavy atom. The van der Waals surface area contributed by atoms with Gasteiger partial charge in [-0.05, 0) is 117 Å². The van der Waals surface area contributed by atoms with Crippen LogP contribution in [0.4, 0.5) is 0 Å². The number of hydrogen-bond acceptors (Lipinski definition) is 5. The van der Waals surface area contributed by atoms with Crippen LogP contribution >= 0.6 is 0 Å². The van der Waals surface area contributed by atoms with E-state index in [4.69, 9.17) is 14.6 Å². The van der Waals surface area contributed by atoms with Crippen molar-refractivity contribution in [3.63, 3.8) is 0 Å². The van der Waals surface area contributed by atoms with Crippen LogP contribution in [0.2, 0.25) is 0 Å². The largest absolute Gasteiger partial charge is 0.481 e. The van der Waals surface area contributed by atoms with Gasteiger partial charge in [0.05, 0.1) is 19.4 Å². The molecule has 6 heteroatoms. The molecule has 5 rings (SSSR count). The van der Waals surface area contributed by atoms with Crippen molar-refractivity contribution in [2.75, 3.05) is 6.61 Å². The van der Waals surface area contributed by atoms with Gasteiger partial charge in [-0.3, -0.25) is 14.4 Å². The number of carboxylic acid groups (broad SMARTS) is 1. The first-order valence-corrected chi connectivity index (χ1v) is 16.7. The summed E-state index contributed by atoms with van der Waals surface area (Å²) in [6.07, 6.45) is 10.9. The van der Waals surface area contributed by atoms with E-state index in [1.54, 1.807) is 6.92 Å². The molecule has 0 heterocycles. The van der Waals surface area contributed by atoms with Crippen LogP contribution in [0.25, 0.3) is 0 Å². The molecule has 10 atom stereocenters. The quantitative estimate of drug-likeness (QED) is 0.241. The molecule has 0 aliphatic heterocycles. The third-order valence-corrected chi connectivity index (χ3v) is 14.6. The lowest BCUT2D eigenvalue weighted by molar-refractivity contribution is -0.252. The fraction of sp³-hybridized carbons (Fsp3) is 0.861. The van der Waals surface area contributed by atoms with Crippen LogP contribution in [0.5, 0.6) is 0 Å². The average molecular weight is 585 g/mol. The summed E-state index contributed by atoms with van der Waals surface area (Å²) in [5.74, 6) is 1.19. The molecule has 236 valence electrons. The van der Waals surface area contributed by atoms with Crippen molar-refractivity contribution in [1.29, 1.82) is 0 Å². The van der Waals surface area contributed by atoms with E-state index in [0.717, 1.165) is 38.5 Å². The van der Waals surface area contributed by atoms with Gasteiger partial charge in [0.2, 0.25) is 0 Å².